The topological polar surface area (TPSA) is 78.6 Å². The van der Waals surface area contributed by atoms with Crippen LogP contribution in [0, 0.1) is 6.92 Å². The van der Waals surface area contributed by atoms with Gasteiger partial charge in [0, 0.05) is 30.6 Å². The van der Waals surface area contributed by atoms with Gasteiger partial charge in [-0.2, -0.15) is 0 Å². The largest absolute Gasteiger partial charge is 0.391 e. The average molecular weight is 394 g/mol. The molecule has 6 nitrogen and oxygen atoms in total. The quantitative estimate of drug-likeness (QED) is 0.758. The van der Waals surface area contributed by atoms with Gasteiger partial charge >= 0.3 is 0 Å². The van der Waals surface area contributed by atoms with Crippen LogP contribution in [-0.4, -0.2) is 44.7 Å². The van der Waals surface area contributed by atoms with E-state index in [1.165, 1.54) is 0 Å². The first kappa shape index (κ1) is 18.8. The third-order valence-corrected chi connectivity index (χ3v) is 4.92. The first-order valence-electron chi connectivity index (χ1n) is 8.34. The van der Waals surface area contributed by atoms with Crippen molar-refractivity contribution in [2.24, 2.45) is 0 Å². The fraction of sp³-hybridized carbons (Fsp3) is 0.389. The van der Waals surface area contributed by atoms with Crippen molar-refractivity contribution in [1.29, 1.82) is 0 Å². The van der Waals surface area contributed by atoms with Gasteiger partial charge in [-0.15, -0.1) is 0 Å². The summed E-state index contributed by atoms with van der Waals surface area (Å²) in [6.07, 6.45) is 0.141. The molecule has 2 atom stereocenters. The number of hydrogen-bond acceptors (Lipinski definition) is 5. The van der Waals surface area contributed by atoms with Crippen LogP contribution in [0.3, 0.4) is 0 Å². The van der Waals surface area contributed by atoms with Gasteiger partial charge in [0.25, 0.3) is 0 Å². The molecular formula is C18H20ClN3O3S. The zero-order valence-electron chi connectivity index (χ0n) is 14.3. The number of carbonyl (C=O) groups is 1. The maximum Gasteiger partial charge on any atom is 0.243 e. The Morgan fingerprint density at radius 2 is 2.19 bits per heavy atom. The van der Waals surface area contributed by atoms with Gasteiger partial charge in [0.05, 0.1) is 23.2 Å². The van der Waals surface area contributed by atoms with Crippen molar-refractivity contribution in [1.82, 2.24) is 15.4 Å². The number of thiocarbonyl (C=S) groups is 1. The molecule has 1 aliphatic rings. The smallest absolute Gasteiger partial charge is 0.243 e. The van der Waals surface area contributed by atoms with Crippen molar-refractivity contribution in [3.8, 4) is 0 Å². The second-order valence-corrected chi connectivity index (χ2v) is 7.31. The SMILES string of the molecule is Cc1cc(CC(=S)N2C[C@H](O)CC2C(=O)NCc2ccc(Cl)cc2)on1. The third kappa shape index (κ3) is 4.60. The molecule has 1 fully saturated rings. The molecule has 1 unspecified atom stereocenters. The van der Waals surface area contributed by atoms with E-state index in [2.05, 4.69) is 10.5 Å². The van der Waals surface area contributed by atoms with Gasteiger partial charge in [-0.1, -0.05) is 41.1 Å². The van der Waals surface area contributed by atoms with Gasteiger partial charge in [0.1, 0.15) is 11.8 Å². The van der Waals surface area contributed by atoms with E-state index >= 15 is 0 Å². The molecule has 26 heavy (non-hydrogen) atoms. The Morgan fingerprint density at radius 3 is 2.85 bits per heavy atom. The lowest BCUT2D eigenvalue weighted by molar-refractivity contribution is -0.124. The third-order valence-electron chi connectivity index (χ3n) is 4.28. The summed E-state index contributed by atoms with van der Waals surface area (Å²) in [7, 11) is 0. The van der Waals surface area contributed by atoms with Gasteiger partial charge in [-0.25, -0.2) is 0 Å². The number of aryl methyl sites for hydroxylation is 1. The van der Waals surface area contributed by atoms with Gasteiger partial charge in [-0.05, 0) is 24.6 Å². The van der Waals surface area contributed by atoms with E-state index in [0.717, 1.165) is 11.3 Å². The number of β-amino-alcohol motifs (C(OH)–C–C–N with tert-alkyl or cyclic N) is 1. The van der Waals surface area contributed by atoms with Crippen LogP contribution in [0.15, 0.2) is 34.9 Å². The van der Waals surface area contributed by atoms with E-state index in [9.17, 15) is 9.90 Å². The maximum absolute atomic E-state index is 12.6. The number of benzene rings is 1. The number of carbonyl (C=O) groups excluding carboxylic acids is 1. The van der Waals surface area contributed by atoms with Crippen molar-refractivity contribution in [2.45, 2.75) is 38.5 Å². The van der Waals surface area contributed by atoms with Crippen molar-refractivity contribution in [3.63, 3.8) is 0 Å². The molecule has 2 heterocycles. The highest BCUT2D eigenvalue weighted by atomic mass is 35.5. The monoisotopic (exact) mass is 393 g/mol. The Hall–Kier alpha value is -1.96. The molecule has 0 bridgehead atoms. The van der Waals surface area contributed by atoms with Crippen LogP contribution in [0.5, 0.6) is 0 Å². The predicted octanol–water partition coefficient (Wildman–Crippen LogP) is 2.26. The van der Waals surface area contributed by atoms with Crippen molar-refractivity contribution >= 4 is 34.7 Å². The number of aliphatic hydroxyl groups excluding tert-OH is 1. The molecule has 1 aliphatic heterocycles. The summed E-state index contributed by atoms with van der Waals surface area (Å²) in [5.74, 6) is 0.488. The summed E-state index contributed by atoms with van der Waals surface area (Å²) < 4.78 is 5.19. The Labute approximate surface area is 162 Å². The van der Waals surface area contributed by atoms with Crippen LogP contribution < -0.4 is 5.32 Å². The normalized spacial score (nSPS) is 19.6. The highest BCUT2D eigenvalue weighted by molar-refractivity contribution is 7.80. The van der Waals surface area contributed by atoms with Gasteiger partial charge in [-0.3, -0.25) is 4.79 Å². The van der Waals surface area contributed by atoms with E-state index in [1.54, 1.807) is 17.0 Å². The number of nitrogens with zero attached hydrogens (tertiary/aromatic N) is 2. The summed E-state index contributed by atoms with van der Waals surface area (Å²) in [6.45, 7) is 2.57. The summed E-state index contributed by atoms with van der Waals surface area (Å²) in [5, 5.41) is 17.4. The number of hydrogen-bond donors (Lipinski definition) is 2. The lowest BCUT2D eigenvalue weighted by Crippen LogP contribution is -2.45. The highest BCUT2D eigenvalue weighted by Gasteiger charge is 2.37. The second kappa shape index (κ2) is 8.16. The fourth-order valence-corrected chi connectivity index (χ4v) is 3.47. The summed E-state index contributed by atoms with van der Waals surface area (Å²) in [6, 6.07) is 8.61. The van der Waals surface area contributed by atoms with Crippen LogP contribution in [0.4, 0.5) is 0 Å². The van der Waals surface area contributed by atoms with E-state index in [4.69, 9.17) is 28.3 Å². The van der Waals surface area contributed by atoms with Gasteiger partial charge < -0.3 is 19.8 Å². The van der Waals surface area contributed by atoms with Gasteiger partial charge in [0.15, 0.2) is 0 Å². The van der Waals surface area contributed by atoms with E-state index in [0.29, 0.717) is 41.7 Å². The number of aromatic nitrogens is 1. The van der Waals surface area contributed by atoms with Crippen molar-refractivity contribution in [3.05, 3.63) is 52.4 Å². The second-order valence-electron chi connectivity index (χ2n) is 6.41. The molecule has 1 amide bonds. The van der Waals surface area contributed by atoms with Crippen LogP contribution in [-0.2, 0) is 17.8 Å². The number of halogens is 1. The standard InChI is InChI=1S/C18H20ClN3O3S/c1-11-6-15(25-21-11)8-17(26)22-10-14(23)7-16(22)18(24)20-9-12-2-4-13(19)5-3-12/h2-6,14,16,23H,7-10H2,1H3,(H,20,24)/t14-,16?/m1/s1. The molecule has 0 aliphatic carbocycles. The number of rotatable bonds is 5. The Morgan fingerprint density at radius 1 is 1.46 bits per heavy atom. The van der Waals surface area contributed by atoms with Crippen LogP contribution in [0.1, 0.15) is 23.4 Å². The zero-order chi connectivity index (χ0) is 18.7. The molecular weight excluding hydrogens is 374 g/mol. The zero-order valence-corrected chi connectivity index (χ0v) is 15.9. The first-order valence-corrected chi connectivity index (χ1v) is 9.13. The molecule has 1 saturated heterocycles. The number of nitrogens with one attached hydrogen (secondary N) is 1. The predicted molar refractivity (Wildman–Crippen MR) is 102 cm³/mol. The summed E-state index contributed by atoms with van der Waals surface area (Å²) in [5.41, 5.74) is 1.73. The maximum atomic E-state index is 12.6. The number of likely N-dealkylation sites (tertiary alicyclic amines) is 1. The van der Waals surface area contributed by atoms with E-state index in [-0.39, 0.29) is 5.91 Å². The Bertz CT molecular complexity index is 793. The van der Waals surface area contributed by atoms with Crippen molar-refractivity contribution < 1.29 is 14.4 Å². The average Bonchev–Trinajstić information content (AvgIpc) is 3.19. The van der Waals surface area contributed by atoms with Crippen molar-refractivity contribution in [2.75, 3.05) is 6.54 Å². The summed E-state index contributed by atoms with van der Waals surface area (Å²) in [4.78, 5) is 14.9. The van der Waals surface area contributed by atoms with E-state index in [1.807, 2.05) is 25.1 Å². The van der Waals surface area contributed by atoms with Crippen LogP contribution in [0.2, 0.25) is 5.02 Å². The molecule has 0 radical (unpaired) electrons. The molecule has 1 aromatic heterocycles. The number of aliphatic hydroxyl groups is 1. The Balaban J connectivity index is 1.61. The Kier molecular flexibility index (Phi) is 5.90. The molecule has 1 aromatic carbocycles. The first-order chi connectivity index (χ1) is 12.4. The lowest BCUT2D eigenvalue weighted by atomic mass is 10.1. The molecule has 2 aromatic rings. The molecule has 3 rings (SSSR count). The van der Waals surface area contributed by atoms with Crippen LogP contribution >= 0.6 is 23.8 Å². The van der Waals surface area contributed by atoms with Gasteiger partial charge in [0.2, 0.25) is 5.91 Å². The molecule has 138 valence electrons. The van der Waals surface area contributed by atoms with E-state index < -0.39 is 12.1 Å². The highest BCUT2D eigenvalue weighted by Crippen LogP contribution is 2.21. The minimum absolute atomic E-state index is 0.160. The number of amides is 1. The fourth-order valence-electron chi connectivity index (χ4n) is 3.00. The molecule has 2 N–H and O–H groups in total. The lowest BCUT2D eigenvalue weighted by Gasteiger charge is -2.25. The summed E-state index contributed by atoms with van der Waals surface area (Å²) >= 11 is 11.3. The molecule has 8 heteroatoms. The minimum atomic E-state index is -0.587. The molecule has 0 spiro atoms. The molecule has 0 saturated carbocycles. The minimum Gasteiger partial charge on any atom is -0.391 e. The van der Waals surface area contributed by atoms with Crippen LogP contribution in [0.25, 0.3) is 0 Å².